The lowest BCUT2D eigenvalue weighted by Gasteiger charge is -2.36. The molecule has 2 saturated heterocycles. The van der Waals surface area contributed by atoms with Crippen molar-refractivity contribution in [2.24, 2.45) is 5.73 Å². The molecule has 0 spiro atoms. The van der Waals surface area contributed by atoms with Gasteiger partial charge in [0.05, 0.1) is 12.1 Å². The summed E-state index contributed by atoms with van der Waals surface area (Å²) in [6.45, 7) is 5.27. The molecule has 2 aliphatic heterocycles. The van der Waals surface area contributed by atoms with Crippen molar-refractivity contribution in [3.63, 3.8) is 0 Å². The van der Waals surface area contributed by atoms with Crippen LogP contribution in [0.4, 0.5) is 0 Å². The summed E-state index contributed by atoms with van der Waals surface area (Å²) in [4.78, 5) is 30.7. The highest BCUT2D eigenvalue weighted by Gasteiger charge is 2.48. The van der Waals surface area contributed by atoms with E-state index in [0.29, 0.717) is 19.6 Å². The van der Waals surface area contributed by atoms with E-state index in [4.69, 9.17) is 5.73 Å². The lowest BCUT2D eigenvalue weighted by atomic mass is 10.2. The van der Waals surface area contributed by atoms with Gasteiger partial charge in [0.15, 0.2) is 0 Å². The Morgan fingerprint density at radius 1 is 0.818 bits per heavy atom. The molecule has 1 saturated carbocycles. The number of carbonyl (C=O) groups excluding carboxylic acids is 2. The molecule has 6 heteroatoms. The number of nitrogens with two attached hydrogens (primary N) is 1. The molecule has 1 aliphatic carbocycles. The average molecular weight is 308 g/mol. The molecule has 0 aromatic rings. The van der Waals surface area contributed by atoms with E-state index in [9.17, 15) is 9.59 Å². The highest BCUT2D eigenvalue weighted by Crippen LogP contribution is 2.34. The Morgan fingerprint density at radius 3 is 1.95 bits per heavy atom. The summed E-state index contributed by atoms with van der Waals surface area (Å²) >= 11 is 0. The van der Waals surface area contributed by atoms with Crippen LogP contribution in [0.1, 0.15) is 38.5 Å². The number of nitrogens with zero attached hydrogens (tertiary/aromatic N) is 3. The third-order valence-corrected chi connectivity index (χ3v) is 5.19. The predicted octanol–water partition coefficient (Wildman–Crippen LogP) is 0.0245. The molecule has 0 unspecified atom stereocenters. The highest BCUT2D eigenvalue weighted by molar-refractivity contribution is 5.89. The number of hydrogen-bond donors (Lipinski definition) is 1. The lowest BCUT2D eigenvalue weighted by Crippen LogP contribution is -2.55. The Hall–Kier alpha value is -1.14. The molecule has 0 aromatic heterocycles. The van der Waals surface area contributed by atoms with Crippen LogP contribution in [0.25, 0.3) is 0 Å². The van der Waals surface area contributed by atoms with E-state index in [2.05, 4.69) is 4.90 Å². The standard InChI is InChI=1S/C16H28N4O2/c17-16(5-6-16)15(22)20-11-9-18(10-12-20)13-14(21)19-7-3-1-2-4-8-19/h1-13,17H2. The van der Waals surface area contributed by atoms with Crippen molar-refractivity contribution in [2.75, 3.05) is 45.8 Å². The molecule has 3 aliphatic rings. The molecular formula is C16H28N4O2. The highest BCUT2D eigenvalue weighted by atomic mass is 16.2. The fourth-order valence-electron chi connectivity index (χ4n) is 3.38. The van der Waals surface area contributed by atoms with Crippen molar-refractivity contribution < 1.29 is 9.59 Å². The normalized spacial score (nSPS) is 25.7. The zero-order chi connectivity index (χ0) is 15.6. The maximum atomic E-state index is 12.4. The van der Waals surface area contributed by atoms with Crippen LogP contribution in [0.3, 0.4) is 0 Å². The molecule has 0 atom stereocenters. The Balaban J connectivity index is 1.43. The molecular weight excluding hydrogens is 280 g/mol. The summed E-state index contributed by atoms with van der Waals surface area (Å²) in [5.74, 6) is 0.352. The van der Waals surface area contributed by atoms with Crippen molar-refractivity contribution >= 4 is 11.8 Å². The van der Waals surface area contributed by atoms with Crippen LogP contribution >= 0.6 is 0 Å². The van der Waals surface area contributed by atoms with E-state index in [0.717, 1.165) is 51.9 Å². The summed E-state index contributed by atoms with van der Waals surface area (Å²) in [7, 11) is 0. The second-order valence-corrected chi connectivity index (χ2v) is 7.02. The van der Waals surface area contributed by atoms with Crippen molar-refractivity contribution in [1.82, 2.24) is 14.7 Å². The van der Waals surface area contributed by atoms with Gasteiger partial charge in [0.1, 0.15) is 0 Å². The van der Waals surface area contributed by atoms with Gasteiger partial charge in [-0.1, -0.05) is 12.8 Å². The Labute approximate surface area is 132 Å². The lowest BCUT2D eigenvalue weighted by molar-refractivity contribution is -0.136. The van der Waals surface area contributed by atoms with Gasteiger partial charge in [-0.2, -0.15) is 0 Å². The molecule has 2 N–H and O–H groups in total. The van der Waals surface area contributed by atoms with Gasteiger partial charge in [0.2, 0.25) is 11.8 Å². The third-order valence-electron chi connectivity index (χ3n) is 5.19. The maximum Gasteiger partial charge on any atom is 0.242 e. The summed E-state index contributed by atoms with van der Waals surface area (Å²) < 4.78 is 0. The fraction of sp³-hybridized carbons (Fsp3) is 0.875. The molecule has 22 heavy (non-hydrogen) atoms. The van der Waals surface area contributed by atoms with E-state index in [1.165, 1.54) is 12.8 Å². The first-order valence-electron chi connectivity index (χ1n) is 8.67. The summed E-state index contributed by atoms with van der Waals surface area (Å²) in [5, 5.41) is 0. The predicted molar refractivity (Wildman–Crippen MR) is 84.2 cm³/mol. The second kappa shape index (κ2) is 6.54. The molecule has 0 bridgehead atoms. The van der Waals surface area contributed by atoms with Crippen LogP contribution in [-0.2, 0) is 9.59 Å². The molecule has 3 rings (SSSR count). The molecule has 2 heterocycles. The Bertz CT molecular complexity index is 420. The van der Waals surface area contributed by atoms with E-state index < -0.39 is 5.54 Å². The van der Waals surface area contributed by atoms with Gasteiger partial charge >= 0.3 is 0 Å². The number of likely N-dealkylation sites (tertiary alicyclic amines) is 1. The maximum absolute atomic E-state index is 12.4. The number of hydrogen-bond acceptors (Lipinski definition) is 4. The topological polar surface area (TPSA) is 69.9 Å². The van der Waals surface area contributed by atoms with Crippen LogP contribution in [0, 0.1) is 0 Å². The molecule has 6 nitrogen and oxygen atoms in total. The first kappa shape index (κ1) is 15.7. The molecule has 0 aromatic carbocycles. The van der Waals surface area contributed by atoms with Gasteiger partial charge in [-0.15, -0.1) is 0 Å². The van der Waals surface area contributed by atoms with Gasteiger partial charge in [0.25, 0.3) is 0 Å². The summed E-state index contributed by atoms with van der Waals surface area (Å²) in [6.07, 6.45) is 6.38. The van der Waals surface area contributed by atoms with Crippen molar-refractivity contribution in [1.29, 1.82) is 0 Å². The number of rotatable bonds is 3. The second-order valence-electron chi connectivity index (χ2n) is 7.02. The van der Waals surface area contributed by atoms with Gasteiger partial charge in [-0.05, 0) is 25.7 Å². The molecule has 0 radical (unpaired) electrons. The van der Waals surface area contributed by atoms with Gasteiger partial charge in [-0.25, -0.2) is 0 Å². The number of amides is 2. The third kappa shape index (κ3) is 3.60. The van der Waals surface area contributed by atoms with Crippen LogP contribution in [0.5, 0.6) is 0 Å². The minimum Gasteiger partial charge on any atom is -0.342 e. The van der Waals surface area contributed by atoms with Crippen LogP contribution in [-0.4, -0.2) is 77.9 Å². The quantitative estimate of drug-likeness (QED) is 0.798. The number of piperazine rings is 1. The summed E-state index contributed by atoms with van der Waals surface area (Å²) in [5.41, 5.74) is 5.42. The van der Waals surface area contributed by atoms with Crippen molar-refractivity contribution in [3.8, 4) is 0 Å². The number of carbonyl (C=O) groups is 2. The largest absolute Gasteiger partial charge is 0.342 e. The van der Waals surface area contributed by atoms with Crippen LogP contribution < -0.4 is 5.73 Å². The average Bonchev–Trinajstić information content (AvgIpc) is 3.31. The molecule has 124 valence electrons. The molecule has 2 amide bonds. The van der Waals surface area contributed by atoms with E-state index >= 15 is 0 Å². The summed E-state index contributed by atoms with van der Waals surface area (Å²) in [6, 6.07) is 0. The fourth-order valence-corrected chi connectivity index (χ4v) is 3.38. The van der Waals surface area contributed by atoms with Gasteiger partial charge in [0, 0.05) is 39.3 Å². The SMILES string of the molecule is NC1(C(=O)N2CCN(CC(=O)N3CCCCCC3)CC2)CC1. The minimum absolute atomic E-state index is 0.103. The van der Waals surface area contributed by atoms with Crippen LogP contribution in [0.15, 0.2) is 0 Å². The van der Waals surface area contributed by atoms with Crippen LogP contribution in [0.2, 0.25) is 0 Å². The first-order valence-corrected chi connectivity index (χ1v) is 8.67. The van der Waals surface area contributed by atoms with Gasteiger partial charge < -0.3 is 15.5 Å². The molecule has 3 fully saturated rings. The van der Waals surface area contributed by atoms with Crippen molar-refractivity contribution in [3.05, 3.63) is 0 Å². The van der Waals surface area contributed by atoms with Gasteiger partial charge in [-0.3, -0.25) is 14.5 Å². The van der Waals surface area contributed by atoms with E-state index in [-0.39, 0.29) is 11.8 Å². The van der Waals surface area contributed by atoms with E-state index in [1.807, 2.05) is 9.80 Å². The monoisotopic (exact) mass is 308 g/mol. The smallest absolute Gasteiger partial charge is 0.242 e. The Kier molecular flexibility index (Phi) is 4.68. The first-order chi connectivity index (χ1) is 10.6. The van der Waals surface area contributed by atoms with E-state index in [1.54, 1.807) is 0 Å². The minimum atomic E-state index is -0.565. The Morgan fingerprint density at radius 2 is 1.41 bits per heavy atom. The zero-order valence-corrected chi connectivity index (χ0v) is 13.4. The van der Waals surface area contributed by atoms with Crippen molar-refractivity contribution in [2.45, 2.75) is 44.1 Å². The zero-order valence-electron chi connectivity index (χ0n) is 13.4.